The van der Waals surface area contributed by atoms with Crippen LogP contribution in [0.1, 0.15) is 47.5 Å². The van der Waals surface area contributed by atoms with Crippen LogP contribution in [0, 0.1) is 11.3 Å². The minimum Gasteiger partial charge on any atom is -0.319 e. The van der Waals surface area contributed by atoms with Crippen LogP contribution in [0.3, 0.4) is 0 Å². The van der Waals surface area contributed by atoms with Crippen molar-refractivity contribution in [2.24, 2.45) is 11.3 Å². The van der Waals surface area contributed by atoms with Gasteiger partial charge in [-0.2, -0.15) is 0 Å². The van der Waals surface area contributed by atoms with Gasteiger partial charge < -0.3 is 5.32 Å². The predicted octanol–water partition coefficient (Wildman–Crippen LogP) is 2.74. The van der Waals surface area contributed by atoms with Crippen LogP contribution >= 0.6 is 0 Å². The molecule has 16 heavy (non-hydrogen) atoms. The first-order chi connectivity index (χ1) is 7.32. The van der Waals surface area contributed by atoms with Crippen LogP contribution in [-0.4, -0.2) is 37.1 Å². The highest BCUT2D eigenvalue weighted by molar-refractivity contribution is 4.92. The second-order valence-electron chi connectivity index (χ2n) is 6.71. The number of likely N-dealkylation sites (tertiary alicyclic amines) is 1. The van der Waals surface area contributed by atoms with Gasteiger partial charge in [0.2, 0.25) is 0 Å². The van der Waals surface area contributed by atoms with Gasteiger partial charge in [-0.05, 0) is 65.1 Å². The Morgan fingerprint density at radius 1 is 1.19 bits per heavy atom. The lowest BCUT2D eigenvalue weighted by Crippen LogP contribution is -2.52. The summed E-state index contributed by atoms with van der Waals surface area (Å²) in [5, 5.41) is 3.39. The molecule has 1 N–H and O–H groups in total. The third kappa shape index (κ3) is 2.98. The lowest BCUT2D eigenvalue weighted by atomic mass is 9.69. The van der Waals surface area contributed by atoms with Gasteiger partial charge in [-0.1, -0.05) is 13.8 Å². The molecule has 1 aliphatic rings. The van der Waals surface area contributed by atoms with Gasteiger partial charge in [0.15, 0.2) is 0 Å². The molecule has 0 bridgehead atoms. The van der Waals surface area contributed by atoms with Crippen LogP contribution in [0.2, 0.25) is 0 Å². The van der Waals surface area contributed by atoms with Crippen molar-refractivity contribution in [2.75, 3.05) is 26.7 Å². The molecular formula is C14H30N2. The minimum absolute atomic E-state index is 0.336. The summed E-state index contributed by atoms with van der Waals surface area (Å²) < 4.78 is 0. The zero-order valence-electron chi connectivity index (χ0n) is 12.1. The Balaban J connectivity index is 2.63. The quantitative estimate of drug-likeness (QED) is 0.796. The number of nitrogens with one attached hydrogen (secondary N) is 1. The second-order valence-corrected chi connectivity index (χ2v) is 6.71. The summed E-state index contributed by atoms with van der Waals surface area (Å²) in [7, 11) is 2.08. The summed E-state index contributed by atoms with van der Waals surface area (Å²) >= 11 is 0. The minimum atomic E-state index is 0.336. The van der Waals surface area contributed by atoms with Crippen molar-refractivity contribution in [3.63, 3.8) is 0 Å². The normalized spacial score (nSPS) is 22.7. The Kier molecular flexibility index (Phi) is 4.42. The summed E-state index contributed by atoms with van der Waals surface area (Å²) in [6.07, 6.45) is 2.67. The van der Waals surface area contributed by atoms with E-state index in [9.17, 15) is 0 Å². The van der Waals surface area contributed by atoms with E-state index in [1.165, 1.54) is 32.5 Å². The van der Waals surface area contributed by atoms with E-state index in [2.05, 4.69) is 51.9 Å². The maximum absolute atomic E-state index is 3.39. The van der Waals surface area contributed by atoms with E-state index in [1.807, 2.05) is 0 Å². The third-order valence-electron chi connectivity index (χ3n) is 4.46. The Labute approximate surface area is 102 Å². The van der Waals surface area contributed by atoms with E-state index in [0.29, 0.717) is 11.0 Å². The standard InChI is InChI=1S/C14H30N2/c1-12(2)14(11-15-6)7-9-16(10-8-14)13(3,4)5/h12,15H,7-11H2,1-6H3. The number of nitrogens with zero attached hydrogens (tertiary/aromatic N) is 1. The summed E-state index contributed by atoms with van der Waals surface area (Å²) in [5.41, 5.74) is 0.860. The Hall–Kier alpha value is -0.0800. The van der Waals surface area contributed by atoms with Crippen molar-refractivity contribution in [1.82, 2.24) is 10.2 Å². The van der Waals surface area contributed by atoms with Crippen molar-refractivity contribution in [1.29, 1.82) is 0 Å². The molecule has 0 amide bonds. The number of rotatable bonds is 3. The van der Waals surface area contributed by atoms with Crippen LogP contribution < -0.4 is 5.32 Å². The van der Waals surface area contributed by atoms with Crippen molar-refractivity contribution in [3.05, 3.63) is 0 Å². The van der Waals surface area contributed by atoms with E-state index in [1.54, 1.807) is 0 Å². The molecule has 1 heterocycles. The van der Waals surface area contributed by atoms with Gasteiger partial charge in [-0.3, -0.25) is 4.90 Å². The van der Waals surface area contributed by atoms with Crippen molar-refractivity contribution >= 4 is 0 Å². The van der Waals surface area contributed by atoms with Gasteiger partial charge in [0.05, 0.1) is 0 Å². The van der Waals surface area contributed by atoms with Gasteiger partial charge in [0.1, 0.15) is 0 Å². The summed E-state index contributed by atoms with van der Waals surface area (Å²) in [6.45, 7) is 15.4. The van der Waals surface area contributed by atoms with Gasteiger partial charge in [0.25, 0.3) is 0 Å². The van der Waals surface area contributed by atoms with Crippen LogP contribution in [0.4, 0.5) is 0 Å². The molecule has 1 rings (SSSR count). The molecule has 0 aromatic carbocycles. The van der Waals surface area contributed by atoms with Gasteiger partial charge in [0, 0.05) is 12.1 Å². The van der Waals surface area contributed by atoms with Gasteiger partial charge >= 0.3 is 0 Å². The molecule has 0 spiro atoms. The number of piperidine rings is 1. The second kappa shape index (κ2) is 5.05. The molecule has 2 nitrogen and oxygen atoms in total. The average molecular weight is 226 g/mol. The van der Waals surface area contributed by atoms with Crippen LogP contribution in [-0.2, 0) is 0 Å². The molecule has 0 radical (unpaired) electrons. The predicted molar refractivity (Wildman–Crippen MR) is 71.8 cm³/mol. The van der Waals surface area contributed by atoms with Crippen molar-refractivity contribution < 1.29 is 0 Å². The Bertz CT molecular complexity index is 207. The van der Waals surface area contributed by atoms with E-state index < -0.39 is 0 Å². The topological polar surface area (TPSA) is 15.3 Å². The average Bonchev–Trinajstić information content (AvgIpc) is 2.17. The molecule has 1 saturated heterocycles. The maximum atomic E-state index is 3.39. The van der Waals surface area contributed by atoms with Gasteiger partial charge in [-0.25, -0.2) is 0 Å². The molecule has 1 aliphatic heterocycles. The molecule has 96 valence electrons. The first-order valence-electron chi connectivity index (χ1n) is 6.71. The van der Waals surface area contributed by atoms with Crippen molar-refractivity contribution in [2.45, 2.75) is 53.0 Å². The lowest BCUT2D eigenvalue weighted by Gasteiger charge is -2.48. The van der Waals surface area contributed by atoms with Crippen LogP contribution in [0.5, 0.6) is 0 Å². The zero-order valence-corrected chi connectivity index (χ0v) is 12.1. The van der Waals surface area contributed by atoms with Crippen molar-refractivity contribution in [3.8, 4) is 0 Å². The van der Waals surface area contributed by atoms with E-state index in [-0.39, 0.29) is 0 Å². The molecule has 2 heteroatoms. The molecule has 0 aromatic heterocycles. The Morgan fingerprint density at radius 2 is 1.69 bits per heavy atom. The zero-order chi connectivity index (χ0) is 12.4. The van der Waals surface area contributed by atoms with Gasteiger partial charge in [-0.15, -0.1) is 0 Å². The number of hydrogen-bond acceptors (Lipinski definition) is 2. The third-order valence-corrected chi connectivity index (χ3v) is 4.46. The molecule has 0 saturated carbocycles. The largest absolute Gasteiger partial charge is 0.319 e. The highest BCUT2D eigenvalue weighted by Crippen LogP contribution is 2.39. The molecular weight excluding hydrogens is 196 g/mol. The highest BCUT2D eigenvalue weighted by atomic mass is 15.2. The van der Waals surface area contributed by atoms with Crippen LogP contribution in [0.15, 0.2) is 0 Å². The van der Waals surface area contributed by atoms with Crippen LogP contribution in [0.25, 0.3) is 0 Å². The molecule has 0 aromatic rings. The molecule has 0 unspecified atom stereocenters. The first-order valence-corrected chi connectivity index (χ1v) is 6.71. The summed E-state index contributed by atoms with van der Waals surface area (Å²) in [4.78, 5) is 2.63. The monoisotopic (exact) mass is 226 g/mol. The Morgan fingerprint density at radius 3 is 2.00 bits per heavy atom. The fourth-order valence-electron chi connectivity index (χ4n) is 2.93. The lowest BCUT2D eigenvalue weighted by molar-refractivity contribution is 0.0183. The van der Waals surface area contributed by atoms with E-state index in [4.69, 9.17) is 0 Å². The first kappa shape index (κ1) is 14.0. The maximum Gasteiger partial charge on any atom is 0.0125 e. The summed E-state index contributed by atoms with van der Waals surface area (Å²) in [6, 6.07) is 0. The molecule has 0 atom stereocenters. The highest BCUT2D eigenvalue weighted by Gasteiger charge is 2.38. The molecule has 0 aliphatic carbocycles. The smallest absolute Gasteiger partial charge is 0.0125 e. The number of hydrogen-bond donors (Lipinski definition) is 1. The van der Waals surface area contributed by atoms with E-state index in [0.717, 1.165) is 5.92 Å². The fourth-order valence-corrected chi connectivity index (χ4v) is 2.93. The SMILES string of the molecule is CNCC1(C(C)C)CCN(C(C)(C)C)CC1. The van der Waals surface area contributed by atoms with E-state index >= 15 is 0 Å². The molecule has 1 fully saturated rings. The fraction of sp³-hybridized carbons (Fsp3) is 1.00. The summed E-state index contributed by atoms with van der Waals surface area (Å²) in [5.74, 6) is 0.780.